The van der Waals surface area contributed by atoms with Crippen LogP contribution in [-0.4, -0.2) is 62.3 Å². The van der Waals surface area contributed by atoms with Gasteiger partial charge in [-0.25, -0.2) is 12.8 Å². The van der Waals surface area contributed by atoms with Crippen molar-refractivity contribution < 1.29 is 27.1 Å². The molecule has 1 aliphatic carbocycles. The maximum Gasteiger partial charge on any atom is 0.309 e. The van der Waals surface area contributed by atoms with E-state index in [9.17, 15) is 22.4 Å². The molecule has 1 aliphatic heterocycles. The Morgan fingerprint density at radius 2 is 1.61 bits per heavy atom. The first-order valence-corrected chi connectivity index (χ1v) is 11.0. The molecule has 1 aromatic carbocycles. The fourth-order valence-electron chi connectivity index (χ4n) is 3.61. The molecule has 0 bridgehead atoms. The van der Waals surface area contributed by atoms with Crippen LogP contribution in [0.5, 0.6) is 0 Å². The number of amides is 1. The van der Waals surface area contributed by atoms with Gasteiger partial charge in [0.1, 0.15) is 5.82 Å². The smallest absolute Gasteiger partial charge is 0.309 e. The van der Waals surface area contributed by atoms with Crippen LogP contribution in [0.4, 0.5) is 4.39 Å². The molecule has 7 nitrogen and oxygen atoms in total. The molecule has 0 spiro atoms. The molecule has 0 radical (unpaired) electrons. The van der Waals surface area contributed by atoms with Crippen LogP contribution in [0.2, 0.25) is 0 Å². The number of esters is 1. The van der Waals surface area contributed by atoms with E-state index in [1.165, 1.54) is 21.3 Å². The van der Waals surface area contributed by atoms with Gasteiger partial charge in [0, 0.05) is 26.2 Å². The van der Waals surface area contributed by atoms with E-state index in [1.807, 2.05) is 0 Å². The second-order valence-electron chi connectivity index (χ2n) is 7.18. The molecule has 1 saturated carbocycles. The van der Waals surface area contributed by atoms with E-state index in [0.717, 1.165) is 44.2 Å². The van der Waals surface area contributed by atoms with Crippen molar-refractivity contribution in [3.8, 4) is 0 Å². The van der Waals surface area contributed by atoms with E-state index < -0.39 is 15.8 Å². The molecule has 2 aliphatic rings. The average Bonchev–Trinajstić information content (AvgIpc) is 2.73. The maximum atomic E-state index is 13.0. The summed E-state index contributed by atoms with van der Waals surface area (Å²) in [6, 6.07) is 4.67. The van der Waals surface area contributed by atoms with Crippen molar-refractivity contribution in [1.82, 2.24) is 9.21 Å². The quantitative estimate of drug-likeness (QED) is 0.689. The Hall–Kier alpha value is -2.00. The number of hydrogen-bond acceptors (Lipinski definition) is 5. The summed E-state index contributed by atoms with van der Waals surface area (Å²) in [5.41, 5.74) is 0. The summed E-state index contributed by atoms with van der Waals surface area (Å²) in [5.74, 6) is -1.25. The Balaban J connectivity index is 1.48. The minimum Gasteiger partial charge on any atom is -0.455 e. The number of hydrogen-bond donors (Lipinski definition) is 0. The standard InChI is InChI=1S/C19H25FN2O5S/c20-16-6-8-17(9-7-16)28(25,26)22-12-10-21(11-13-22)18(23)14-27-19(24)15-4-2-1-3-5-15/h6-9,15H,1-5,10-14H2. The summed E-state index contributed by atoms with van der Waals surface area (Å²) >= 11 is 0. The number of ether oxygens (including phenoxy) is 1. The van der Waals surface area contributed by atoms with Crippen LogP contribution in [0.25, 0.3) is 0 Å². The van der Waals surface area contributed by atoms with Gasteiger partial charge < -0.3 is 9.64 Å². The molecule has 154 valence electrons. The number of carbonyl (C=O) groups excluding carboxylic acids is 2. The fraction of sp³-hybridized carbons (Fsp3) is 0.579. The largest absolute Gasteiger partial charge is 0.455 e. The molecule has 2 fully saturated rings. The molecule has 0 aromatic heterocycles. The van der Waals surface area contributed by atoms with E-state index in [4.69, 9.17) is 4.74 Å². The zero-order valence-electron chi connectivity index (χ0n) is 15.7. The van der Waals surface area contributed by atoms with Crippen molar-refractivity contribution in [3.05, 3.63) is 30.1 Å². The van der Waals surface area contributed by atoms with Crippen LogP contribution < -0.4 is 0 Å². The Labute approximate surface area is 164 Å². The molecule has 9 heteroatoms. The first kappa shape index (κ1) is 20.7. The molecule has 3 rings (SSSR count). The van der Waals surface area contributed by atoms with Crippen molar-refractivity contribution in [1.29, 1.82) is 0 Å². The Morgan fingerprint density at radius 1 is 1.00 bits per heavy atom. The average molecular weight is 412 g/mol. The van der Waals surface area contributed by atoms with Crippen LogP contribution in [-0.2, 0) is 24.3 Å². The minimum atomic E-state index is -3.72. The monoisotopic (exact) mass is 412 g/mol. The lowest BCUT2D eigenvalue weighted by Gasteiger charge is -2.34. The van der Waals surface area contributed by atoms with Crippen LogP contribution in [0.1, 0.15) is 32.1 Å². The summed E-state index contributed by atoms with van der Waals surface area (Å²) < 4.78 is 44.7. The first-order valence-electron chi connectivity index (χ1n) is 9.58. The highest BCUT2D eigenvalue weighted by molar-refractivity contribution is 7.89. The SMILES string of the molecule is O=C(OCC(=O)N1CCN(S(=O)(=O)c2ccc(F)cc2)CC1)C1CCCCC1. The van der Waals surface area contributed by atoms with Gasteiger partial charge in [-0.05, 0) is 37.1 Å². The number of sulfonamides is 1. The molecule has 1 saturated heterocycles. The van der Waals surface area contributed by atoms with E-state index >= 15 is 0 Å². The summed E-state index contributed by atoms with van der Waals surface area (Å²) in [5, 5.41) is 0. The normalized spacial score (nSPS) is 19.4. The van der Waals surface area contributed by atoms with Crippen molar-refractivity contribution in [3.63, 3.8) is 0 Å². The Kier molecular flexibility index (Phi) is 6.66. The van der Waals surface area contributed by atoms with Gasteiger partial charge in [-0.15, -0.1) is 0 Å². The van der Waals surface area contributed by atoms with Crippen LogP contribution in [0.15, 0.2) is 29.2 Å². The Bertz CT molecular complexity index is 798. The molecule has 1 aromatic rings. The van der Waals surface area contributed by atoms with Crippen molar-refractivity contribution in [2.45, 2.75) is 37.0 Å². The minimum absolute atomic E-state index is 0.0232. The van der Waals surface area contributed by atoms with E-state index in [-0.39, 0.29) is 55.5 Å². The number of piperazine rings is 1. The fourth-order valence-corrected chi connectivity index (χ4v) is 5.04. The van der Waals surface area contributed by atoms with Gasteiger partial charge >= 0.3 is 5.97 Å². The van der Waals surface area contributed by atoms with E-state index in [1.54, 1.807) is 0 Å². The van der Waals surface area contributed by atoms with Gasteiger partial charge in [-0.2, -0.15) is 4.31 Å². The van der Waals surface area contributed by atoms with Gasteiger partial charge in [0.2, 0.25) is 10.0 Å². The third-order valence-electron chi connectivity index (χ3n) is 5.32. The van der Waals surface area contributed by atoms with Gasteiger partial charge in [-0.1, -0.05) is 19.3 Å². The number of carbonyl (C=O) groups is 2. The van der Waals surface area contributed by atoms with Crippen LogP contribution >= 0.6 is 0 Å². The highest BCUT2D eigenvalue weighted by atomic mass is 32.2. The Morgan fingerprint density at radius 3 is 2.21 bits per heavy atom. The first-order chi connectivity index (χ1) is 13.4. The van der Waals surface area contributed by atoms with Gasteiger partial charge in [0.25, 0.3) is 5.91 Å². The molecule has 0 N–H and O–H groups in total. The maximum absolute atomic E-state index is 13.0. The topological polar surface area (TPSA) is 84.0 Å². The van der Waals surface area contributed by atoms with Gasteiger partial charge in [0.05, 0.1) is 10.8 Å². The van der Waals surface area contributed by atoms with Gasteiger partial charge in [-0.3, -0.25) is 9.59 Å². The summed E-state index contributed by atoms with van der Waals surface area (Å²) in [4.78, 5) is 25.9. The highest BCUT2D eigenvalue weighted by Gasteiger charge is 2.31. The third kappa shape index (κ3) is 4.88. The molecule has 0 unspecified atom stereocenters. The van der Waals surface area contributed by atoms with E-state index in [2.05, 4.69) is 0 Å². The lowest BCUT2D eigenvalue weighted by Crippen LogP contribution is -2.51. The number of halogens is 1. The van der Waals surface area contributed by atoms with E-state index in [0.29, 0.717) is 0 Å². The number of benzene rings is 1. The molecular weight excluding hydrogens is 387 g/mol. The highest BCUT2D eigenvalue weighted by Crippen LogP contribution is 2.24. The summed E-state index contributed by atoms with van der Waals surface area (Å²) in [7, 11) is -3.72. The molecular formula is C19H25FN2O5S. The second-order valence-corrected chi connectivity index (χ2v) is 9.12. The molecule has 28 heavy (non-hydrogen) atoms. The number of rotatable bonds is 5. The predicted octanol–water partition coefficient (Wildman–Crippen LogP) is 1.78. The van der Waals surface area contributed by atoms with Gasteiger partial charge in [0.15, 0.2) is 6.61 Å². The zero-order valence-corrected chi connectivity index (χ0v) is 16.5. The lowest BCUT2D eigenvalue weighted by atomic mass is 9.89. The third-order valence-corrected chi connectivity index (χ3v) is 7.23. The second kappa shape index (κ2) is 9.00. The van der Waals surface area contributed by atoms with Crippen LogP contribution in [0, 0.1) is 11.7 Å². The molecule has 1 heterocycles. The zero-order chi connectivity index (χ0) is 20.1. The van der Waals surface area contributed by atoms with Crippen molar-refractivity contribution in [2.75, 3.05) is 32.8 Å². The molecule has 1 amide bonds. The molecule has 0 atom stereocenters. The summed E-state index contributed by atoms with van der Waals surface area (Å²) in [6.45, 7) is 0.421. The lowest BCUT2D eigenvalue weighted by molar-refractivity contribution is -0.156. The number of nitrogens with zero attached hydrogens (tertiary/aromatic N) is 2. The van der Waals surface area contributed by atoms with Crippen LogP contribution in [0.3, 0.4) is 0 Å². The van der Waals surface area contributed by atoms with Crippen molar-refractivity contribution in [2.24, 2.45) is 5.92 Å². The predicted molar refractivity (Wildman–Crippen MR) is 99.3 cm³/mol. The summed E-state index contributed by atoms with van der Waals surface area (Å²) in [6.07, 6.45) is 4.78. The van der Waals surface area contributed by atoms with Crippen molar-refractivity contribution >= 4 is 21.9 Å².